The SMILES string of the molecule is CC[C@H](O)[C@H](C)C#CBr. The van der Waals surface area contributed by atoms with E-state index in [4.69, 9.17) is 5.11 Å². The Kier molecular flexibility index (Phi) is 4.84. The van der Waals surface area contributed by atoms with E-state index in [1.165, 1.54) is 0 Å². The fourth-order valence-electron chi connectivity index (χ4n) is 0.536. The molecule has 0 radical (unpaired) electrons. The highest BCUT2D eigenvalue weighted by Crippen LogP contribution is 2.04. The van der Waals surface area contributed by atoms with Gasteiger partial charge in [0.15, 0.2) is 0 Å². The van der Waals surface area contributed by atoms with Gasteiger partial charge in [0.05, 0.1) is 6.10 Å². The van der Waals surface area contributed by atoms with Gasteiger partial charge in [0.1, 0.15) is 0 Å². The molecule has 0 aromatic carbocycles. The van der Waals surface area contributed by atoms with E-state index in [2.05, 4.69) is 26.7 Å². The zero-order valence-electron chi connectivity index (χ0n) is 5.69. The summed E-state index contributed by atoms with van der Waals surface area (Å²) in [5.41, 5.74) is 0. The first kappa shape index (κ1) is 9.00. The summed E-state index contributed by atoms with van der Waals surface area (Å²) < 4.78 is 0. The van der Waals surface area contributed by atoms with Crippen molar-refractivity contribution in [1.82, 2.24) is 0 Å². The van der Waals surface area contributed by atoms with Crippen LogP contribution in [-0.2, 0) is 0 Å². The number of hydrogen-bond donors (Lipinski definition) is 1. The van der Waals surface area contributed by atoms with Crippen LogP contribution in [0.2, 0.25) is 0 Å². The monoisotopic (exact) mass is 190 g/mol. The van der Waals surface area contributed by atoms with E-state index in [1.54, 1.807) is 0 Å². The van der Waals surface area contributed by atoms with Gasteiger partial charge in [-0.05, 0) is 18.2 Å². The van der Waals surface area contributed by atoms with Gasteiger partial charge in [-0.1, -0.05) is 12.8 Å². The molecule has 0 aromatic heterocycles. The van der Waals surface area contributed by atoms with E-state index in [0.717, 1.165) is 6.42 Å². The van der Waals surface area contributed by atoms with Crippen molar-refractivity contribution in [3.63, 3.8) is 0 Å². The predicted octanol–water partition coefficient (Wildman–Crippen LogP) is 1.75. The molecule has 1 nitrogen and oxygen atoms in total. The van der Waals surface area contributed by atoms with Gasteiger partial charge in [0, 0.05) is 21.8 Å². The van der Waals surface area contributed by atoms with E-state index < -0.39 is 0 Å². The second-order valence-corrected chi connectivity index (χ2v) is 2.40. The van der Waals surface area contributed by atoms with Crippen molar-refractivity contribution in [1.29, 1.82) is 0 Å². The van der Waals surface area contributed by atoms with Gasteiger partial charge in [-0.2, -0.15) is 0 Å². The molecule has 52 valence electrons. The van der Waals surface area contributed by atoms with Crippen LogP contribution in [0.1, 0.15) is 20.3 Å². The highest BCUT2D eigenvalue weighted by atomic mass is 79.9. The molecule has 0 rings (SSSR count). The van der Waals surface area contributed by atoms with Gasteiger partial charge >= 0.3 is 0 Å². The van der Waals surface area contributed by atoms with Crippen LogP contribution < -0.4 is 0 Å². The van der Waals surface area contributed by atoms with Crippen LogP contribution >= 0.6 is 15.9 Å². The zero-order valence-corrected chi connectivity index (χ0v) is 7.27. The lowest BCUT2D eigenvalue weighted by Gasteiger charge is -2.09. The summed E-state index contributed by atoms with van der Waals surface area (Å²) in [7, 11) is 0. The number of aliphatic hydroxyl groups is 1. The summed E-state index contributed by atoms with van der Waals surface area (Å²) in [6.07, 6.45) is 0.484. The molecule has 1 N–H and O–H groups in total. The summed E-state index contributed by atoms with van der Waals surface area (Å²) in [5.74, 6) is 2.89. The van der Waals surface area contributed by atoms with Crippen LogP contribution in [0.3, 0.4) is 0 Å². The minimum atomic E-state index is -0.282. The minimum Gasteiger partial charge on any atom is -0.392 e. The third-order valence-electron chi connectivity index (χ3n) is 1.28. The molecule has 0 unspecified atom stereocenters. The standard InChI is InChI=1S/C7H11BrO/c1-3-7(9)6(2)4-5-8/h6-7,9H,3H2,1-2H3/t6-,7+/m1/s1. The lowest BCUT2D eigenvalue weighted by Crippen LogP contribution is -2.13. The van der Waals surface area contributed by atoms with Crippen molar-refractivity contribution in [2.24, 2.45) is 5.92 Å². The molecule has 0 heterocycles. The summed E-state index contributed by atoms with van der Waals surface area (Å²) in [5, 5.41) is 9.13. The molecular formula is C7H11BrO. The molecule has 0 aliphatic heterocycles. The molecule has 0 saturated heterocycles. The van der Waals surface area contributed by atoms with E-state index in [1.807, 2.05) is 13.8 Å². The van der Waals surface area contributed by atoms with E-state index in [0.29, 0.717) is 0 Å². The van der Waals surface area contributed by atoms with Crippen molar-refractivity contribution >= 4 is 15.9 Å². The van der Waals surface area contributed by atoms with Gasteiger partial charge in [0.25, 0.3) is 0 Å². The molecule has 2 atom stereocenters. The van der Waals surface area contributed by atoms with Crippen LogP contribution in [0, 0.1) is 16.7 Å². The molecule has 0 aromatic rings. The molecule has 0 amide bonds. The molecule has 0 aliphatic carbocycles. The van der Waals surface area contributed by atoms with Crippen molar-refractivity contribution in [3.05, 3.63) is 0 Å². The van der Waals surface area contributed by atoms with Crippen LogP contribution in [0.15, 0.2) is 0 Å². The Morgan fingerprint density at radius 3 is 2.56 bits per heavy atom. The Morgan fingerprint density at radius 2 is 2.22 bits per heavy atom. The first-order valence-corrected chi connectivity index (χ1v) is 3.80. The largest absolute Gasteiger partial charge is 0.392 e. The molecule has 0 saturated carbocycles. The third-order valence-corrected chi connectivity index (χ3v) is 1.51. The summed E-state index contributed by atoms with van der Waals surface area (Å²) >= 11 is 2.98. The molecule has 2 heteroatoms. The Labute approximate surface area is 64.6 Å². The van der Waals surface area contributed by atoms with Gasteiger partial charge < -0.3 is 5.11 Å². The number of rotatable bonds is 2. The Hall–Kier alpha value is 0. The minimum absolute atomic E-state index is 0.0781. The number of halogens is 1. The topological polar surface area (TPSA) is 20.2 Å². The summed E-state index contributed by atoms with van der Waals surface area (Å²) in [4.78, 5) is 2.59. The number of hydrogen-bond acceptors (Lipinski definition) is 1. The predicted molar refractivity (Wildman–Crippen MR) is 42.2 cm³/mol. The fraction of sp³-hybridized carbons (Fsp3) is 0.714. The molecule has 0 aliphatic rings. The normalized spacial score (nSPS) is 15.6. The Bertz CT molecular complexity index is 123. The smallest absolute Gasteiger partial charge is 0.0672 e. The van der Waals surface area contributed by atoms with Crippen molar-refractivity contribution in [2.75, 3.05) is 0 Å². The van der Waals surface area contributed by atoms with Crippen LogP contribution in [0.5, 0.6) is 0 Å². The number of aliphatic hydroxyl groups excluding tert-OH is 1. The second-order valence-electron chi connectivity index (χ2n) is 2.00. The summed E-state index contributed by atoms with van der Waals surface area (Å²) in [6.45, 7) is 3.85. The van der Waals surface area contributed by atoms with Gasteiger partial charge in [0.2, 0.25) is 0 Å². The maximum Gasteiger partial charge on any atom is 0.0672 e. The lowest BCUT2D eigenvalue weighted by molar-refractivity contribution is 0.137. The highest BCUT2D eigenvalue weighted by Gasteiger charge is 2.07. The van der Waals surface area contributed by atoms with Gasteiger partial charge in [-0.15, -0.1) is 0 Å². The highest BCUT2D eigenvalue weighted by molar-refractivity contribution is 9.12. The molecular weight excluding hydrogens is 180 g/mol. The quantitative estimate of drug-likeness (QED) is 0.659. The molecule has 0 fully saturated rings. The molecule has 9 heavy (non-hydrogen) atoms. The maximum absolute atomic E-state index is 9.13. The molecule has 0 spiro atoms. The average molecular weight is 191 g/mol. The van der Waals surface area contributed by atoms with Gasteiger partial charge in [-0.25, -0.2) is 0 Å². The van der Waals surface area contributed by atoms with E-state index in [-0.39, 0.29) is 12.0 Å². The second kappa shape index (κ2) is 4.84. The maximum atomic E-state index is 9.13. The Balaban J connectivity index is 3.67. The summed E-state index contributed by atoms with van der Waals surface area (Å²) in [6, 6.07) is 0. The van der Waals surface area contributed by atoms with Crippen molar-refractivity contribution in [2.45, 2.75) is 26.4 Å². The van der Waals surface area contributed by atoms with E-state index >= 15 is 0 Å². The molecule has 0 bridgehead atoms. The first-order chi connectivity index (χ1) is 4.22. The van der Waals surface area contributed by atoms with E-state index in [9.17, 15) is 0 Å². The van der Waals surface area contributed by atoms with Gasteiger partial charge in [-0.3, -0.25) is 0 Å². The van der Waals surface area contributed by atoms with Crippen LogP contribution in [-0.4, -0.2) is 11.2 Å². The first-order valence-electron chi connectivity index (χ1n) is 3.01. The lowest BCUT2D eigenvalue weighted by atomic mass is 10.0. The van der Waals surface area contributed by atoms with Crippen LogP contribution in [0.25, 0.3) is 0 Å². The fourth-order valence-corrected chi connectivity index (χ4v) is 0.897. The van der Waals surface area contributed by atoms with Crippen molar-refractivity contribution < 1.29 is 5.11 Å². The zero-order chi connectivity index (χ0) is 7.28. The van der Waals surface area contributed by atoms with Crippen molar-refractivity contribution in [3.8, 4) is 10.8 Å². The average Bonchev–Trinajstić information content (AvgIpc) is 1.87. The third kappa shape index (κ3) is 3.56. The Morgan fingerprint density at radius 1 is 1.67 bits per heavy atom. The van der Waals surface area contributed by atoms with Crippen LogP contribution in [0.4, 0.5) is 0 Å².